The van der Waals surface area contributed by atoms with Crippen molar-refractivity contribution in [2.75, 3.05) is 6.54 Å². The average Bonchev–Trinajstić information content (AvgIpc) is 2.59. The number of para-hydroxylation sites is 1. The molecule has 1 aliphatic rings. The number of fused-ring (bicyclic) bond motifs is 1. The van der Waals surface area contributed by atoms with E-state index in [1.165, 1.54) is 0 Å². The van der Waals surface area contributed by atoms with Gasteiger partial charge in [0.25, 0.3) is 5.56 Å². The Morgan fingerprint density at radius 3 is 2.84 bits per heavy atom. The highest BCUT2D eigenvalue weighted by Gasteiger charge is 2.28. The molecule has 3 N–H and O–H groups in total. The predicted octanol–water partition coefficient (Wildman–Crippen LogP) is 2.21. The Balaban J connectivity index is 0.00000225. The van der Waals surface area contributed by atoms with Crippen LogP contribution in [0.15, 0.2) is 29.1 Å². The van der Waals surface area contributed by atoms with Crippen molar-refractivity contribution in [2.45, 2.75) is 45.2 Å². The van der Waals surface area contributed by atoms with E-state index in [0.29, 0.717) is 29.8 Å². The fourth-order valence-electron chi connectivity index (χ4n) is 3.45. The molecule has 1 aromatic heterocycles. The molecule has 1 amide bonds. The van der Waals surface area contributed by atoms with Crippen LogP contribution in [-0.2, 0) is 11.3 Å². The van der Waals surface area contributed by atoms with Gasteiger partial charge in [0.1, 0.15) is 5.82 Å². The van der Waals surface area contributed by atoms with Gasteiger partial charge in [0.05, 0.1) is 17.4 Å². The third kappa shape index (κ3) is 4.38. The van der Waals surface area contributed by atoms with Crippen LogP contribution in [0.3, 0.4) is 0 Å². The van der Waals surface area contributed by atoms with Crippen molar-refractivity contribution >= 4 is 29.2 Å². The molecule has 3 rings (SSSR count). The number of hydrogen-bond donors (Lipinski definition) is 2. The molecule has 2 unspecified atom stereocenters. The van der Waals surface area contributed by atoms with E-state index in [2.05, 4.69) is 9.97 Å². The number of nitrogens with one attached hydrogen (secondary N) is 1. The lowest BCUT2D eigenvalue weighted by atomic mass is 9.85. The molecule has 2 atom stereocenters. The van der Waals surface area contributed by atoms with Crippen molar-refractivity contribution in [2.24, 2.45) is 11.7 Å². The Labute approximate surface area is 153 Å². The first-order chi connectivity index (χ1) is 11.6. The third-order valence-corrected chi connectivity index (χ3v) is 4.76. The van der Waals surface area contributed by atoms with E-state index in [9.17, 15) is 9.59 Å². The second kappa shape index (κ2) is 8.45. The average molecular weight is 365 g/mol. The van der Waals surface area contributed by atoms with E-state index >= 15 is 0 Å². The van der Waals surface area contributed by atoms with Gasteiger partial charge in [0.15, 0.2) is 0 Å². The first kappa shape index (κ1) is 19.4. The number of nitrogens with two attached hydrogens (primary N) is 1. The monoisotopic (exact) mass is 364 g/mol. The molecule has 1 heterocycles. The summed E-state index contributed by atoms with van der Waals surface area (Å²) in [5.41, 5.74) is 6.49. The minimum Gasteiger partial charge on any atom is -0.335 e. The van der Waals surface area contributed by atoms with Gasteiger partial charge < -0.3 is 15.6 Å². The Hall–Kier alpha value is -1.92. The topological polar surface area (TPSA) is 92.1 Å². The smallest absolute Gasteiger partial charge is 0.258 e. The number of carbonyl (C=O) groups excluding carboxylic acids is 1. The second-order valence-corrected chi connectivity index (χ2v) is 6.51. The van der Waals surface area contributed by atoms with E-state index in [1.54, 1.807) is 11.0 Å². The molecule has 136 valence electrons. The zero-order valence-corrected chi connectivity index (χ0v) is 15.2. The van der Waals surface area contributed by atoms with Gasteiger partial charge in [-0.25, -0.2) is 4.98 Å². The quantitative estimate of drug-likeness (QED) is 0.869. The molecule has 0 radical (unpaired) electrons. The van der Waals surface area contributed by atoms with Gasteiger partial charge in [-0.2, -0.15) is 0 Å². The SMILES string of the molecule is CCN(Cc1nc2ccccc2c(=O)[nH]1)C(=O)C1CCCC(N)C1.Cl. The number of benzene rings is 1. The van der Waals surface area contributed by atoms with Crippen LogP contribution in [0.25, 0.3) is 10.9 Å². The Bertz CT molecular complexity index is 792. The van der Waals surface area contributed by atoms with Gasteiger partial charge in [-0.3, -0.25) is 9.59 Å². The van der Waals surface area contributed by atoms with Crippen LogP contribution >= 0.6 is 12.4 Å². The highest BCUT2D eigenvalue weighted by atomic mass is 35.5. The van der Waals surface area contributed by atoms with Gasteiger partial charge in [-0.1, -0.05) is 18.6 Å². The summed E-state index contributed by atoms with van der Waals surface area (Å²) in [6, 6.07) is 7.34. The van der Waals surface area contributed by atoms with Crippen molar-refractivity contribution < 1.29 is 4.79 Å². The maximum atomic E-state index is 12.8. The minimum atomic E-state index is -0.168. The third-order valence-electron chi connectivity index (χ3n) is 4.76. The fourth-order valence-corrected chi connectivity index (χ4v) is 3.45. The number of H-pyrrole nitrogens is 1. The first-order valence-electron chi connectivity index (χ1n) is 8.60. The summed E-state index contributed by atoms with van der Waals surface area (Å²) >= 11 is 0. The summed E-state index contributed by atoms with van der Waals surface area (Å²) in [5, 5.41) is 0.564. The summed E-state index contributed by atoms with van der Waals surface area (Å²) in [6.45, 7) is 2.85. The summed E-state index contributed by atoms with van der Waals surface area (Å²) in [4.78, 5) is 34.0. The molecule has 25 heavy (non-hydrogen) atoms. The molecular formula is C18H25ClN4O2. The lowest BCUT2D eigenvalue weighted by Crippen LogP contribution is -2.40. The standard InChI is InChI=1S/C18H24N4O2.ClH/c1-2-22(18(24)12-6-5-7-13(19)10-12)11-16-20-15-9-4-3-8-14(15)17(23)21-16;/h3-4,8-9,12-13H,2,5-7,10-11,19H2,1H3,(H,20,21,23);1H. The van der Waals surface area contributed by atoms with Crippen LogP contribution in [0.4, 0.5) is 0 Å². The van der Waals surface area contributed by atoms with Crippen molar-refractivity contribution in [3.05, 3.63) is 40.4 Å². The first-order valence-corrected chi connectivity index (χ1v) is 8.60. The summed E-state index contributed by atoms with van der Waals surface area (Å²) in [5.74, 6) is 0.623. The molecule has 6 nitrogen and oxygen atoms in total. The predicted molar refractivity (Wildman–Crippen MR) is 101 cm³/mol. The lowest BCUT2D eigenvalue weighted by Gasteiger charge is -2.30. The van der Waals surface area contributed by atoms with Gasteiger partial charge in [-0.15, -0.1) is 12.4 Å². The van der Waals surface area contributed by atoms with E-state index < -0.39 is 0 Å². The van der Waals surface area contributed by atoms with Crippen LogP contribution in [0, 0.1) is 5.92 Å². The van der Waals surface area contributed by atoms with E-state index in [0.717, 1.165) is 25.7 Å². The Morgan fingerprint density at radius 2 is 2.12 bits per heavy atom. The van der Waals surface area contributed by atoms with Crippen LogP contribution in [0.2, 0.25) is 0 Å². The van der Waals surface area contributed by atoms with E-state index in [4.69, 9.17) is 5.73 Å². The highest BCUT2D eigenvalue weighted by molar-refractivity contribution is 5.85. The maximum Gasteiger partial charge on any atom is 0.258 e. The lowest BCUT2D eigenvalue weighted by molar-refractivity contribution is -0.137. The van der Waals surface area contributed by atoms with Crippen molar-refractivity contribution in [1.82, 2.24) is 14.9 Å². The summed E-state index contributed by atoms with van der Waals surface area (Å²) < 4.78 is 0. The van der Waals surface area contributed by atoms with Crippen LogP contribution < -0.4 is 11.3 Å². The van der Waals surface area contributed by atoms with Gasteiger partial charge in [-0.05, 0) is 38.3 Å². The zero-order chi connectivity index (χ0) is 17.1. The molecule has 0 aliphatic heterocycles. The van der Waals surface area contributed by atoms with E-state index in [1.807, 2.05) is 25.1 Å². The number of carbonyl (C=O) groups is 1. The summed E-state index contributed by atoms with van der Waals surface area (Å²) in [6.07, 6.45) is 3.64. The summed E-state index contributed by atoms with van der Waals surface area (Å²) in [7, 11) is 0. The molecule has 0 saturated heterocycles. The van der Waals surface area contributed by atoms with Gasteiger partial charge in [0, 0.05) is 18.5 Å². The molecule has 7 heteroatoms. The number of hydrogen-bond acceptors (Lipinski definition) is 4. The number of halogens is 1. The molecular weight excluding hydrogens is 340 g/mol. The van der Waals surface area contributed by atoms with Gasteiger partial charge in [0.2, 0.25) is 5.91 Å². The van der Waals surface area contributed by atoms with Crippen molar-refractivity contribution in [1.29, 1.82) is 0 Å². The molecule has 2 aromatic rings. The number of aromatic nitrogens is 2. The molecule has 0 spiro atoms. The van der Waals surface area contributed by atoms with Crippen molar-refractivity contribution in [3.63, 3.8) is 0 Å². The van der Waals surface area contributed by atoms with Crippen molar-refractivity contribution in [3.8, 4) is 0 Å². The number of amides is 1. The number of nitrogens with zero attached hydrogens (tertiary/aromatic N) is 2. The van der Waals surface area contributed by atoms with Crippen LogP contribution in [0.1, 0.15) is 38.4 Å². The number of aromatic amines is 1. The largest absolute Gasteiger partial charge is 0.335 e. The molecule has 1 aliphatic carbocycles. The normalized spacial score (nSPS) is 20.1. The Kier molecular flexibility index (Phi) is 6.56. The second-order valence-electron chi connectivity index (χ2n) is 6.51. The zero-order valence-electron chi connectivity index (χ0n) is 14.4. The fraction of sp³-hybridized carbons (Fsp3) is 0.500. The van der Waals surface area contributed by atoms with Gasteiger partial charge >= 0.3 is 0 Å². The molecule has 1 aromatic carbocycles. The highest BCUT2D eigenvalue weighted by Crippen LogP contribution is 2.25. The van der Waals surface area contributed by atoms with E-state index in [-0.39, 0.29) is 35.8 Å². The molecule has 1 fully saturated rings. The molecule has 1 saturated carbocycles. The Morgan fingerprint density at radius 1 is 1.36 bits per heavy atom. The van der Waals surface area contributed by atoms with Crippen LogP contribution in [0.5, 0.6) is 0 Å². The number of rotatable bonds is 4. The minimum absolute atomic E-state index is 0. The molecule has 0 bridgehead atoms. The van der Waals surface area contributed by atoms with Crippen LogP contribution in [-0.4, -0.2) is 33.4 Å². The maximum absolute atomic E-state index is 12.8.